The van der Waals surface area contributed by atoms with Gasteiger partial charge in [-0.25, -0.2) is 0 Å². The number of anilines is 1. The average Bonchev–Trinajstić information content (AvgIpc) is 3.19. The van der Waals surface area contributed by atoms with Crippen molar-refractivity contribution >= 4 is 17.5 Å². The van der Waals surface area contributed by atoms with Crippen molar-refractivity contribution in [3.05, 3.63) is 83.6 Å². The van der Waals surface area contributed by atoms with Gasteiger partial charge in [-0.05, 0) is 61.4 Å². The van der Waals surface area contributed by atoms with E-state index in [0.29, 0.717) is 11.3 Å². The molecule has 2 amide bonds. The Morgan fingerprint density at radius 1 is 1.08 bits per heavy atom. The minimum absolute atomic E-state index is 0.159. The lowest BCUT2D eigenvalue weighted by Gasteiger charge is -2.15. The second kappa shape index (κ2) is 7.65. The maximum absolute atomic E-state index is 12.5. The molecule has 3 aromatic rings. The standard InChI is InChI=1S/C20H19N3O3/c1-13-5-6-16(12-17(13)23-20(25)18-4-3-11-26-18)19(24)22-14(2)15-7-9-21-10-8-15/h3-12,14H,1-2H3,(H,22,24)(H,23,25). The van der Waals surface area contributed by atoms with Gasteiger partial charge >= 0.3 is 0 Å². The normalized spacial score (nSPS) is 11.6. The van der Waals surface area contributed by atoms with Crippen LogP contribution in [-0.2, 0) is 0 Å². The number of pyridine rings is 1. The van der Waals surface area contributed by atoms with E-state index in [9.17, 15) is 9.59 Å². The van der Waals surface area contributed by atoms with Gasteiger partial charge in [0.15, 0.2) is 5.76 Å². The van der Waals surface area contributed by atoms with Crippen LogP contribution in [0.2, 0.25) is 0 Å². The van der Waals surface area contributed by atoms with Crippen LogP contribution >= 0.6 is 0 Å². The molecule has 0 aliphatic carbocycles. The number of carbonyl (C=O) groups is 2. The summed E-state index contributed by atoms with van der Waals surface area (Å²) in [4.78, 5) is 28.7. The molecule has 0 aliphatic rings. The first kappa shape index (κ1) is 17.4. The number of amides is 2. The van der Waals surface area contributed by atoms with E-state index in [1.165, 1.54) is 6.26 Å². The summed E-state index contributed by atoms with van der Waals surface area (Å²) >= 11 is 0. The van der Waals surface area contributed by atoms with E-state index in [1.807, 2.05) is 26.0 Å². The largest absolute Gasteiger partial charge is 0.459 e. The highest BCUT2D eigenvalue weighted by Gasteiger charge is 2.15. The van der Waals surface area contributed by atoms with Crippen LogP contribution in [0.5, 0.6) is 0 Å². The summed E-state index contributed by atoms with van der Waals surface area (Å²) in [5.74, 6) is -0.366. The van der Waals surface area contributed by atoms with Crippen LogP contribution in [0.15, 0.2) is 65.5 Å². The van der Waals surface area contributed by atoms with Crippen LogP contribution in [0.4, 0.5) is 5.69 Å². The third-order valence-electron chi connectivity index (χ3n) is 4.05. The Bertz CT molecular complexity index is 905. The summed E-state index contributed by atoms with van der Waals surface area (Å²) in [7, 11) is 0. The topological polar surface area (TPSA) is 84.2 Å². The highest BCUT2D eigenvalue weighted by Crippen LogP contribution is 2.19. The van der Waals surface area contributed by atoms with Crippen molar-refractivity contribution in [2.75, 3.05) is 5.32 Å². The Hall–Kier alpha value is -3.41. The summed E-state index contributed by atoms with van der Waals surface area (Å²) in [6, 6.07) is 12.0. The van der Waals surface area contributed by atoms with E-state index in [0.717, 1.165) is 11.1 Å². The molecule has 6 heteroatoms. The first-order valence-electron chi connectivity index (χ1n) is 8.21. The van der Waals surface area contributed by atoms with E-state index in [1.54, 1.807) is 42.7 Å². The number of aryl methyl sites for hydroxylation is 1. The zero-order valence-electron chi connectivity index (χ0n) is 14.5. The highest BCUT2D eigenvalue weighted by atomic mass is 16.3. The molecule has 26 heavy (non-hydrogen) atoms. The molecular weight excluding hydrogens is 330 g/mol. The highest BCUT2D eigenvalue weighted by molar-refractivity contribution is 6.04. The van der Waals surface area contributed by atoms with Gasteiger partial charge < -0.3 is 15.1 Å². The Balaban J connectivity index is 1.74. The molecule has 0 bridgehead atoms. The Morgan fingerprint density at radius 2 is 1.85 bits per heavy atom. The first-order valence-corrected chi connectivity index (χ1v) is 8.21. The predicted octanol–water partition coefficient (Wildman–Crippen LogP) is 3.73. The van der Waals surface area contributed by atoms with Crippen molar-refractivity contribution in [3.63, 3.8) is 0 Å². The predicted molar refractivity (Wildman–Crippen MR) is 98.0 cm³/mol. The van der Waals surface area contributed by atoms with Crippen molar-refractivity contribution in [2.45, 2.75) is 19.9 Å². The van der Waals surface area contributed by atoms with Gasteiger partial charge in [0.2, 0.25) is 0 Å². The first-order chi connectivity index (χ1) is 12.5. The average molecular weight is 349 g/mol. The molecule has 0 aliphatic heterocycles. The fourth-order valence-corrected chi connectivity index (χ4v) is 2.51. The number of furan rings is 1. The molecule has 132 valence electrons. The lowest BCUT2D eigenvalue weighted by atomic mass is 10.1. The number of aromatic nitrogens is 1. The molecule has 0 radical (unpaired) electrons. The van der Waals surface area contributed by atoms with Crippen molar-refractivity contribution < 1.29 is 14.0 Å². The molecular formula is C20H19N3O3. The van der Waals surface area contributed by atoms with Crippen LogP contribution in [0.25, 0.3) is 0 Å². The fraction of sp³-hybridized carbons (Fsp3) is 0.150. The molecule has 1 atom stereocenters. The summed E-state index contributed by atoms with van der Waals surface area (Å²) in [5, 5.41) is 5.71. The lowest BCUT2D eigenvalue weighted by Crippen LogP contribution is -2.26. The summed E-state index contributed by atoms with van der Waals surface area (Å²) in [5.41, 5.74) is 2.84. The van der Waals surface area contributed by atoms with Gasteiger partial charge in [0.05, 0.1) is 12.3 Å². The minimum Gasteiger partial charge on any atom is -0.459 e. The molecule has 2 N–H and O–H groups in total. The molecule has 1 unspecified atom stereocenters. The maximum Gasteiger partial charge on any atom is 0.291 e. The van der Waals surface area contributed by atoms with Crippen LogP contribution in [0.3, 0.4) is 0 Å². The van der Waals surface area contributed by atoms with Gasteiger partial charge in [0.1, 0.15) is 0 Å². The van der Waals surface area contributed by atoms with Crippen LogP contribution in [0, 0.1) is 6.92 Å². The van der Waals surface area contributed by atoms with Crippen molar-refractivity contribution in [3.8, 4) is 0 Å². The Morgan fingerprint density at radius 3 is 2.54 bits per heavy atom. The lowest BCUT2D eigenvalue weighted by molar-refractivity contribution is 0.0938. The van der Waals surface area contributed by atoms with Crippen molar-refractivity contribution in [1.29, 1.82) is 0 Å². The zero-order valence-corrected chi connectivity index (χ0v) is 14.5. The third kappa shape index (κ3) is 3.97. The van der Waals surface area contributed by atoms with E-state index in [4.69, 9.17) is 4.42 Å². The summed E-state index contributed by atoms with van der Waals surface area (Å²) in [6.45, 7) is 3.76. The van der Waals surface area contributed by atoms with Gasteiger partial charge in [-0.2, -0.15) is 0 Å². The number of carbonyl (C=O) groups excluding carboxylic acids is 2. The van der Waals surface area contributed by atoms with E-state index < -0.39 is 0 Å². The van der Waals surface area contributed by atoms with Gasteiger partial charge in [-0.15, -0.1) is 0 Å². The van der Waals surface area contributed by atoms with Crippen molar-refractivity contribution in [1.82, 2.24) is 10.3 Å². The van der Waals surface area contributed by atoms with Gasteiger partial charge in [0.25, 0.3) is 11.8 Å². The van der Waals surface area contributed by atoms with Crippen LogP contribution in [0.1, 0.15) is 45.0 Å². The molecule has 0 fully saturated rings. The molecule has 6 nitrogen and oxygen atoms in total. The SMILES string of the molecule is Cc1ccc(C(=O)NC(C)c2ccncc2)cc1NC(=O)c1ccco1. The van der Waals surface area contributed by atoms with Crippen molar-refractivity contribution in [2.24, 2.45) is 0 Å². The zero-order chi connectivity index (χ0) is 18.5. The van der Waals surface area contributed by atoms with Crippen LogP contribution in [-0.4, -0.2) is 16.8 Å². The minimum atomic E-state index is -0.360. The van der Waals surface area contributed by atoms with Crippen LogP contribution < -0.4 is 10.6 Å². The second-order valence-electron chi connectivity index (χ2n) is 5.94. The smallest absolute Gasteiger partial charge is 0.291 e. The van der Waals surface area contributed by atoms with Gasteiger partial charge in [0, 0.05) is 23.6 Å². The second-order valence-corrected chi connectivity index (χ2v) is 5.94. The molecule has 2 aromatic heterocycles. The monoisotopic (exact) mass is 349 g/mol. The number of nitrogens with zero attached hydrogens (tertiary/aromatic N) is 1. The van der Waals surface area contributed by atoms with Gasteiger partial charge in [-0.3, -0.25) is 14.6 Å². The molecule has 0 saturated carbocycles. The van der Waals surface area contributed by atoms with E-state index in [2.05, 4.69) is 15.6 Å². The summed E-state index contributed by atoms with van der Waals surface area (Å²) in [6.07, 6.45) is 4.81. The molecule has 1 aromatic carbocycles. The van der Waals surface area contributed by atoms with E-state index >= 15 is 0 Å². The molecule has 2 heterocycles. The number of hydrogen-bond donors (Lipinski definition) is 2. The quantitative estimate of drug-likeness (QED) is 0.735. The van der Waals surface area contributed by atoms with Gasteiger partial charge in [-0.1, -0.05) is 6.07 Å². The number of rotatable bonds is 5. The molecule has 0 spiro atoms. The number of nitrogens with one attached hydrogen (secondary N) is 2. The number of hydrogen-bond acceptors (Lipinski definition) is 4. The summed E-state index contributed by atoms with van der Waals surface area (Å²) < 4.78 is 5.09. The fourth-order valence-electron chi connectivity index (χ4n) is 2.51. The Labute approximate surface area is 151 Å². The van der Waals surface area contributed by atoms with E-state index in [-0.39, 0.29) is 23.6 Å². The maximum atomic E-state index is 12.5. The Kier molecular flexibility index (Phi) is 5.12. The third-order valence-corrected chi connectivity index (χ3v) is 4.05. The molecule has 0 saturated heterocycles. The molecule has 3 rings (SSSR count). The number of benzene rings is 1.